The molecule has 2 aromatic rings. The first-order valence-corrected chi connectivity index (χ1v) is 9.79. The number of alkyl halides is 3. The number of nitrogens with zero attached hydrogens (tertiary/aromatic N) is 2. The van der Waals surface area contributed by atoms with Crippen LogP contribution in [0.3, 0.4) is 0 Å². The second-order valence-electron chi connectivity index (χ2n) is 7.58. The van der Waals surface area contributed by atoms with E-state index in [1.165, 1.54) is 23.8 Å². The fraction of sp³-hybridized carbons (Fsp3) is 0.500. The van der Waals surface area contributed by atoms with E-state index in [1.807, 2.05) is 6.92 Å². The third-order valence-electron chi connectivity index (χ3n) is 5.18. The summed E-state index contributed by atoms with van der Waals surface area (Å²) in [4.78, 5) is 25.7. The number of hydrogen-bond acceptors (Lipinski definition) is 6. The van der Waals surface area contributed by atoms with Crippen LogP contribution in [0.4, 0.5) is 13.2 Å². The molecule has 170 valence electrons. The number of benzene rings is 1. The zero-order valence-corrected chi connectivity index (χ0v) is 17.5. The molecule has 3 atom stereocenters. The van der Waals surface area contributed by atoms with E-state index in [-0.39, 0.29) is 17.8 Å². The Hall–Kier alpha value is -2.95. The van der Waals surface area contributed by atoms with Crippen molar-refractivity contribution in [3.8, 4) is 11.4 Å². The van der Waals surface area contributed by atoms with Gasteiger partial charge < -0.3 is 24.6 Å². The zero-order chi connectivity index (χ0) is 23.2. The molecular formula is C20H25F3N4O4. The summed E-state index contributed by atoms with van der Waals surface area (Å²) in [5.74, 6) is -1.76. The molecule has 0 bridgehead atoms. The van der Waals surface area contributed by atoms with E-state index < -0.39 is 18.5 Å². The first-order valence-electron chi connectivity index (χ1n) is 9.79. The molecule has 0 saturated carbocycles. The van der Waals surface area contributed by atoms with Crippen molar-refractivity contribution in [3.05, 3.63) is 35.2 Å². The summed E-state index contributed by atoms with van der Waals surface area (Å²) in [7, 11) is 0. The molecule has 1 unspecified atom stereocenters. The second-order valence-corrected chi connectivity index (χ2v) is 7.58. The number of hydrogen-bond donors (Lipinski definition) is 2. The fourth-order valence-electron chi connectivity index (χ4n) is 3.64. The van der Waals surface area contributed by atoms with Crippen LogP contribution in [0.5, 0.6) is 0 Å². The molecular weight excluding hydrogens is 417 g/mol. The van der Waals surface area contributed by atoms with Crippen molar-refractivity contribution in [2.45, 2.75) is 51.9 Å². The van der Waals surface area contributed by atoms with Gasteiger partial charge in [-0.25, -0.2) is 0 Å². The molecule has 1 amide bonds. The molecule has 2 heterocycles. The van der Waals surface area contributed by atoms with Gasteiger partial charge in [0.2, 0.25) is 5.82 Å². The Kier molecular flexibility index (Phi) is 8.14. The van der Waals surface area contributed by atoms with Crippen LogP contribution in [0.1, 0.15) is 48.5 Å². The molecule has 1 aromatic heterocycles. The summed E-state index contributed by atoms with van der Waals surface area (Å²) < 4.78 is 42.2. The molecule has 1 aromatic carbocycles. The maximum absolute atomic E-state index is 12.6. The molecule has 1 saturated heterocycles. The number of rotatable bonds is 5. The van der Waals surface area contributed by atoms with Crippen LogP contribution >= 0.6 is 0 Å². The maximum atomic E-state index is 12.6. The topological polar surface area (TPSA) is 113 Å². The highest BCUT2D eigenvalue weighted by Gasteiger charge is 2.38. The number of aromatic nitrogens is 2. The summed E-state index contributed by atoms with van der Waals surface area (Å²) in [6, 6.07) is 5.34. The van der Waals surface area contributed by atoms with Gasteiger partial charge in [-0.1, -0.05) is 11.2 Å². The minimum atomic E-state index is -4.69. The summed E-state index contributed by atoms with van der Waals surface area (Å²) in [6.45, 7) is 7.39. The molecule has 1 aliphatic rings. The Morgan fingerprint density at radius 3 is 2.65 bits per heavy atom. The van der Waals surface area contributed by atoms with Crippen molar-refractivity contribution in [2.24, 2.45) is 0 Å². The molecule has 8 nitrogen and oxygen atoms in total. The first kappa shape index (κ1) is 24.3. The smallest absolute Gasteiger partial charge is 0.471 e. The van der Waals surface area contributed by atoms with E-state index >= 15 is 0 Å². The van der Waals surface area contributed by atoms with Crippen LogP contribution in [0.15, 0.2) is 22.7 Å². The third-order valence-corrected chi connectivity index (χ3v) is 5.18. The van der Waals surface area contributed by atoms with Gasteiger partial charge in [0, 0.05) is 30.4 Å². The average molecular weight is 442 g/mol. The lowest BCUT2D eigenvalue weighted by Crippen LogP contribution is -3.14. The van der Waals surface area contributed by atoms with Gasteiger partial charge in [-0.2, -0.15) is 18.2 Å². The maximum Gasteiger partial charge on any atom is 0.471 e. The number of likely N-dealkylation sites (tertiary alicyclic amines) is 1. The lowest BCUT2D eigenvalue weighted by molar-refractivity contribution is -0.911. The second kappa shape index (κ2) is 10.4. The number of amides is 1. The van der Waals surface area contributed by atoms with Gasteiger partial charge in [-0.15, -0.1) is 0 Å². The van der Waals surface area contributed by atoms with E-state index in [9.17, 15) is 18.0 Å². The van der Waals surface area contributed by atoms with Gasteiger partial charge in [-0.05, 0) is 38.5 Å². The SMILES string of the molecule is Cc1cc(C(=O)N[C@H](C)C[NH+]2CCC[C@@H]2C)ccc1-c1noc(C(F)(F)F)n1.O=C[O-]. The van der Waals surface area contributed by atoms with Crippen LogP contribution in [-0.2, 0) is 11.0 Å². The van der Waals surface area contributed by atoms with Crippen LogP contribution in [0, 0.1) is 6.92 Å². The Labute approximate surface area is 177 Å². The van der Waals surface area contributed by atoms with Crippen molar-refractivity contribution in [1.29, 1.82) is 0 Å². The largest absolute Gasteiger partial charge is 0.554 e. The monoisotopic (exact) mass is 442 g/mol. The lowest BCUT2D eigenvalue weighted by Gasteiger charge is -2.22. The first-order chi connectivity index (χ1) is 14.6. The van der Waals surface area contributed by atoms with Crippen molar-refractivity contribution in [2.75, 3.05) is 13.1 Å². The zero-order valence-electron chi connectivity index (χ0n) is 17.5. The predicted molar refractivity (Wildman–Crippen MR) is 102 cm³/mol. The quantitative estimate of drug-likeness (QED) is 0.657. The number of aryl methyl sites for hydroxylation is 1. The predicted octanol–water partition coefficient (Wildman–Crippen LogP) is 0.615. The molecule has 0 spiro atoms. The number of carboxylic acid groups (broad SMARTS) is 1. The van der Waals surface area contributed by atoms with Gasteiger partial charge in [0.25, 0.3) is 5.91 Å². The van der Waals surface area contributed by atoms with E-state index in [0.717, 1.165) is 13.1 Å². The van der Waals surface area contributed by atoms with E-state index in [4.69, 9.17) is 9.90 Å². The molecule has 0 radical (unpaired) electrons. The van der Waals surface area contributed by atoms with Crippen molar-refractivity contribution < 1.29 is 37.3 Å². The van der Waals surface area contributed by atoms with Gasteiger partial charge in [0.05, 0.1) is 25.2 Å². The highest BCUT2D eigenvalue weighted by atomic mass is 19.4. The molecule has 11 heteroatoms. The van der Waals surface area contributed by atoms with Gasteiger partial charge >= 0.3 is 12.1 Å². The third kappa shape index (κ3) is 6.51. The van der Waals surface area contributed by atoms with Gasteiger partial charge in [0.15, 0.2) is 0 Å². The standard InChI is InChI=1S/C19H23F3N4O2.CH2O2/c1-11-9-14(17(27)23-12(2)10-26-8-4-5-13(26)3)6-7-15(11)16-24-18(28-25-16)19(20,21)22;2-1-3/h6-7,9,12-13H,4-5,8,10H2,1-3H3,(H,23,27);1H,(H,2,3)/t12-,13+;/m1./s1. The van der Waals surface area contributed by atoms with Crippen LogP contribution in [0.25, 0.3) is 11.4 Å². The summed E-state index contributed by atoms with van der Waals surface area (Å²) in [6.07, 6.45) is -2.27. The molecule has 1 fully saturated rings. The molecule has 2 N–H and O–H groups in total. The van der Waals surface area contributed by atoms with E-state index in [2.05, 4.69) is 26.9 Å². The lowest BCUT2D eigenvalue weighted by atomic mass is 10.0. The Morgan fingerprint density at radius 2 is 2.13 bits per heavy atom. The Bertz CT molecular complexity index is 901. The average Bonchev–Trinajstić information content (AvgIpc) is 3.32. The molecule has 1 aliphatic heterocycles. The Morgan fingerprint density at radius 1 is 1.45 bits per heavy atom. The normalized spacial score (nSPS) is 19.3. The fourth-order valence-corrected chi connectivity index (χ4v) is 3.64. The number of carbonyl (C=O) groups is 2. The summed E-state index contributed by atoms with van der Waals surface area (Å²) in [5, 5.41) is 14.6. The minimum Gasteiger partial charge on any atom is -0.554 e. The van der Waals surface area contributed by atoms with Gasteiger partial charge in [0.1, 0.15) is 0 Å². The van der Waals surface area contributed by atoms with Crippen LogP contribution < -0.4 is 15.3 Å². The van der Waals surface area contributed by atoms with Crippen LogP contribution in [-0.4, -0.2) is 47.7 Å². The number of carbonyl (C=O) groups excluding carboxylic acids is 2. The van der Waals surface area contributed by atoms with Crippen LogP contribution in [0.2, 0.25) is 0 Å². The highest BCUT2D eigenvalue weighted by molar-refractivity contribution is 5.95. The van der Waals surface area contributed by atoms with Crippen molar-refractivity contribution in [1.82, 2.24) is 15.5 Å². The summed E-state index contributed by atoms with van der Waals surface area (Å²) in [5.41, 5.74) is 1.42. The number of quaternary nitrogens is 1. The number of nitrogens with one attached hydrogen (secondary N) is 2. The van der Waals surface area contributed by atoms with E-state index in [0.29, 0.717) is 22.7 Å². The minimum absolute atomic E-state index is 0.0228. The van der Waals surface area contributed by atoms with Gasteiger partial charge in [-0.3, -0.25) is 4.79 Å². The van der Waals surface area contributed by atoms with Crippen molar-refractivity contribution >= 4 is 12.4 Å². The Balaban J connectivity index is 0.00000107. The van der Waals surface area contributed by atoms with E-state index in [1.54, 1.807) is 19.1 Å². The molecule has 31 heavy (non-hydrogen) atoms. The summed E-state index contributed by atoms with van der Waals surface area (Å²) >= 11 is 0. The van der Waals surface area contributed by atoms with Crippen molar-refractivity contribution in [3.63, 3.8) is 0 Å². The molecule has 3 rings (SSSR count). The number of halogens is 3. The molecule has 0 aliphatic carbocycles. The highest BCUT2D eigenvalue weighted by Crippen LogP contribution is 2.30.